The van der Waals surface area contributed by atoms with Crippen LogP contribution < -0.4 is 20.2 Å². The zero-order chi connectivity index (χ0) is 17.5. The molecule has 0 unspecified atom stereocenters. The van der Waals surface area contributed by atoms with Gasteiger partial charge in [0.15, 0.2) is 5.75 Å². The minimum Gasteiger partial charge on any atom is -0.497 e. The second-order valence-corrected chi connectivity index (χ2v) is 5.42. The Morgan fingerprint density at radius 3 is 2.50 bits per heavy atom. The third kappa shape index (κ3) is 4.62. The standard InChI is InChI=1S/C18H22N2O4/c1-13-10-16(21)17(24-3)11-20(13)12-18(22)19-9-8-14-4-6-15(23-2)7-5-14/h4-7,10-11H,8-9,12H2,1-3H3,(H,19,22). The van der Waals surface area contributed by atoms with E-state index in [0.29, 0.717) is 12.2 Å². The number of nitrogens with one attached hydrogen (secondary N) is 1. The number of benzene rings is 1. The fraction of sp³-hybridized carbons (Fsp3) is 0.333. The van der Waals surface area contributed by atoms with E-state index < -0.39 is 0 Å². The van der Waals surface area contributed by atoms with E-state index in [2.05, 4.69) is 5.32 Å². The van der Waals surface area contributed by atoms with Gasteiger partial charge in [-0.3, -0.25) is 9.59 Å². The van der Waals surface area contributed by atoms with Crippen LogP contribution in [0.2, 0.25) is 0 Å². The van der Waals surface area contributed by atoms with Crippen molar-refractivity contribution in [2.75, 3.05) is 20.8 Å². The summed E-state index contributed by atoms with van der Waals surface area (Å²) in [6.45, 7) is 2.47. The van der Waals surface area contributed by atoms with E-state index in [1.807, 2.05) is 24.3 Å². The van der Waals surface area contributed by atoms with Crippen LogP contribution in [0, 0.1) is 6.92 Å². The van der Waals surface area contributed by atoms with Crippen molar-refractivity contribution in [3.63, 3.8) is 0 Å². The molecule has 6 nitrogen and oxygen atoms in total. The van der Waals surface area contributed by atoms with Crippen LogP contribution in [0.3, 0.4) is 0 Å². The highest BCUT2D eigenvalue weighted by atomic mass is 16.5. The number of aryl methyl sites for hydroxylation is 1. The van der Waals surface area contributed by atoms with Gasteiger partial charge < -0.3 is 19.4 Å². The van der Waals surface area contributed by atoms with Gasteiger partial charge in [-0.2, -0.15) is 0 Å². The number of hydrogen-bond donors (Lipinski definition) is 1. The normalized spacial score (nSPS) is 10.3. The Balaban J connectivity index is 1.88. The predicted molar refractivity (Wildman–Crippen MR) is 91.7 cm³/mol. The van der Waals surface area contributed by atoms with E-state index in [-0.39, 0.29) is 23.6 Å². The number of amides is 1. The molecule has 1 heterocycles. The number of methoxy groups -OCH3 is 2. The fourth-order valence-electron chi connectivity index (χ4n) is 2.32. The molecule has 0 aliphatic rings. The van der Waals surface area contributed by atoms with Crippen LogP contribution in [0.25, 0.3) is 0 Å². The van der Waals surface area contributed by atoms with Gasteiger partial charge in [0, 0.05) is 18.3 Å². The second-order valence-electron chi connectivity index (χ2n) is 5.42. The van der Waals surface area contributed by atoms with E-state index in [0.717, 1.165) is 17.7 Å². The molecule has 1 aromatic carbocycles. The van der Waals surface area contributed by atoms with E-state index in [1.54, 1.807) is 24.8 Å². The Kier molecular flexibility index (Phi) is 6.01. The first-order valence-corrected chi connectivity index (χ1v) is 7.68. The van der Waals surface area contributed by atoms with Crippen molar-refractivity contribution in [1.29, 1.82) is 0 Å². The van der Waals surface area contributed by atoms with Gasteiger partial charge >= 0.3 is 0 Å². The lowest BCUT2D eigenvalue weighted by molar-refractivity contribution is -0.121. The number of ether oxygens (including phenoxy) is 2. The Morgan fingerprint density at radius 1 is 1.17 bits per heavy atom. The summed E-state index contributed by atoms with van der Waals surface area (Å²) in [5, 5.41) is 2.88. The van der Waals surface area contributed by atoms with Crippen molar-refractivity contribution in [3.8, 4) is 11.5 Å². The first-order chi connectivity index (χ1) is 11.5. The van der Waals surface area contributed by atoms with Gasteiger partial charge in [0.25, 0.3) is 0 Å². The van der Waals surface area contributed by atoms with Gasteiger partial charge in [-0.15, -0.1) is 0 Å². The number of nitrogens with zero attached hydrogens (tertiary/aromatic N) is 1. The van der Waals surface area contributed by atoms with Crippen LogP contribution in [-0.2, 0) is 17.8 Å². The van der Waals surface area contributed by atoms with Gasteiger partial charge in [0.05, 0.1) is 20.4 Å². The molecule has 2 aromatic rings. The summed E-state index contributed by atoms with van der Waals surface area (Å²) in [6, 6.07) is 9.20. The average molecular weight is 330 g/mol. The third-order valence-electron chi connectivity index (χ3n) is 3.74. The highest BCUT2D eigenvalue weighted by Crippen LogP contribution is 2.11. The molecular weight excluding hydrogens is 308 g/mol. The molecule has 1 aromatic heterocycles. The lowest BCUT2D eigenvalue weighted by atomic mass is 10.1. The second kappa shape index (κ2) is 8.19. The summed E-state index contributed by atoms with van der Waals surface area (Å²) in [5.74, 6) is 0.925. The largest absolute Gasteiger partial charge is 0.497 e. The smallest absolute Gasteiger partial charge is 0.239 e. The van der Waals surface area contributed by atoms with E-state index in [9.17, 15) is 9.59 Å². The lowest BCUT2D eigenvalue weighted by Crippen LogP contribution is -2.30. The minimum atomic E-state index is -0.189. The average Bonchev–Trinajstić information content (AvgIpc) is 2.58. The molecule has 0 fully saturated rings. The molecule has 0 aliphatic carbocycles. The Bertz CT molecular complexity index is 751. The Morgan fingerprint density at radius 2 is 1.88 bits per heavy atom. The Labute approximate surface area is 141 Å². The first-order valence-electron chi connectivity index (χ1n) is 7.68. The van der Waals surface area contributed by atoms with Gasteiger partial charge in [-0.05, 0) is 31.0 Å². The van der Waals surface area contributed by atoms with Crippen molar-refractivity contribution in [3.05, 3.63) is 58.0 Å². The Hall–Kier alpha value is -2.76. The maximum absolute atomic E-state index is 12.1. The summed E-state index contributed by atoms with van der Waals surface area (Å²) in [7, 11) is 3.06. The number of carbonyl (C=O) groups is 1. The van der Waals surface area contributed by atoms with Gasteiger partial charge in [-0.1, -0.05) is 12.1 Å². The zero-order valence-corrected chi connectivity index (χ0v) is 14.2. The number of rotatable bonds is 7. The molecule has 2 rings (SSSR count). The highest BCUT2D eigenvalue weighted by Gasteiger charge is 2.08. The number of aromatic nitrogens is 1. The lowest BCUT2D eigenvalue weighted by Gasteiger charge is -2.12. The SMILES string of the molecule is COc1ccc(CCNC(=O)Cn2cc(OC)c(=O)cc2C)cc1. The van der Waals surface area contributed by atoms with Crippen LogP contribution in [0.15, 0.2) is 41.3 Å². The van der Waals surface area contributed by atoms with Crippen molar-refractivity contribution in [1.82, 2.24) is 9.88 Å². The number of pyridine rings is 1. The van der Waals surface area contributed by atoms with E-state index in [1.165, 1.54) is 13.2 Å². The number of carbonyl (C=O) groups excluding carboxylic acids is 1. The topological polar surface area (TPSA) is 69.6 Å². The van der Waals surface area contributed by atoms with Gasteiger partial charge in [0.1, 0.15) is 12.3 Å². The molecular formula is C18H22N2O4. The van der Waals surface area contributed by atoms with E-state index >= 15 is 0 Å². The van der Waals surface area contributed by atoms with Crippen molar-refractivity contribution in [2.24, 2.45) is 0 Å². The molecule has 1 N–H and O–H groups in total. The molecule has 0 bridgehead atoms. The molecule has 1 amide bonds. The molecule has 24 heavy (non-hydrogen) atoms. The maximum Gasteiger partial charge on any atom is 0.239 e. The van der Waals surface area contributed by atoms with Crippen LogP contribution in [0.5, 0.6) is 11.5 Å². The fourth-order valence-corrected chi connectivity index (χ4v) is 2.32. The molecule has 0 radical (unpaired) electrons. The molecule has 0 spiro atoms. The summed E-state index contributed by atoms with van der Waals surface area (Å²) in [6.07, 6.45) is 2.29. The molecule has 128 valence electrons. The maximum atomic E-state index is 12.1. The molecule has 0 saturated carbocycles. The van der Waals surface area contributed by atoms with Crippen LogP contribution in [0.1, 0.15) is 11.3 Å². The van der Waals surface area contributed by atoms with Crippen molar-refractivity contribution >= 4 is 5.91 Å². The minimum absolute atomic E-state index is 0.114. The summed E-state index contributed by atoms with van der Waals surface area (Å²) < 4.78 is 11.8. The number of hydrogen-bond acceptors (Lipinski definition) is 4. The molecule has 0 saturated heterocycles. The zero-order valence-electron chi connectivity index (χ0n) is 14.2. The van der Waals surface area contributed by atoms with Crippen LogP contribution in [0.4, 0.5) is 0 Å². The van der Waals surface area contributed by atoms with Crippen LogP contribution in [-0.4, -0.2) is 31.2 Å². The summed E-state index contributed by atoms with van der Waals surface area (Å²) in [5.41, 5.74) is 1.65. The highest BCUT2D eigenvalue weighted by molar-refractivity contribution is 5.75. The van der Waals surface area contributed by atoms with Gasteiger partial charge in [-0.25, -0.2) is 0 Å². The summed E-state index contributed by atoms with van der Waals surface area (Å²) in [4.78, 5) is 23.7. The van der Waals surface area contributed by atoms with E-state index in [4.69, 9.17) is 9.47 Å². The third-order valence-corrected chi connectivity index (χ3v) is 3.74. The van der Waals surface area contributed by atoms with Crippen molar-refractivity contribution in [2.45, 2.75) is 19.9 Å². The van der Waals surface area contributed by atoms with Gasteiger partial charge in [0.2, 0.25) is 11.3 Å². The quantitative estimate of drug-likeness (QED) is 0.836. The molecule has 0 aliphatic heterocycles. The first kappa shape index (κ1) is 17.6. The monoisotopic (exact) mass is 330 g/mol. The van der Waals surface area contributed by atoms with Crippen LogP contribution >= 0.6 is 0 Å². The predicted octanol–water partition coefficient (Wildman–Crippen LogP) is 1.53. The van der Waals surface area contributed by atoms with Crippen molar-refractivity contribution < 1.29 is 14.3 Å². The summed E-state index contributed by atoms with van der Waals surface area (Å²) >= 11 is 0. The molecule has 0 atom stereocenters. The molecule has 6 heteroatoms.